The van der Waals surface area contributed by atoms with Crippen LogP contribution in [0.1, 0.15) is 25.7 Å². The van der Waals surface area contributed by atoms with E-state index in [2.05, 4.69) is 0 Å². The molecule has 3 aliphatic rings. The number of nitrogens with zero attached hydrogens (tertiary/aromatic N) is 1. The highest BCUT2D eigenvalue weighted by molar-refractivity contribution is 5.52. The lowest BCUT2D eigenvalue weighted by Crippen LogP contribution is -2.49. The van der Waals surface area contributed by atoms with Crippen molar-refractivity contribution in [2.24, 2.45) is 29.6 Å². The van der Waals surface area contributed by atoms with Crippen molar-refractivity contribution in [3.63, 3.8) is 0 Å². The summed E-state index contributed by atoms with van der Waals surface area (Å²) in [6.45, 7) is 0.0899. The average molecular weight is 431 g/mol. The van der Waals surface area contributed by atoms with Crippen LogP contribution in [0.4, 0.5) is 18.9 Å². The molecule has 6 heteroatoms. The Bertz CT molecular complexity index is 901. The van der Waals surface area contributed by atoms with Crippen LogP contribution in [0.25, 0.3) is 0 Å². The minimum Gasteiger partial charge on any atom is -0.457 e. The molecule has 0 aliphatic heterocycles. The molecule has 0 spiro atoms. The van der Waals surface area contributed by atoms with Gasteiger partial charge in [-0.2, -0.15) is 13.2 Å². The Morgan fingerprint density at radius 2 is 1.71 bits per heavy atom. The molecule has 2 aromatic rings. The van der Waals surface area contributed by atoms with Gasteiger partial charge < -0.3 is 14.7 Å². The summed E-state index contributed by atoms with van der Waals surface area (Å²) in [4.78, 5) is 1.71. The highest BCUT2D eigenvalue weighted by Crippen LogP contribution is 2.64. The smallest absolute Gasteiger partial charge is 0.416 e. The Morgan fingerprint density at radius 3 is 2.48 bits per heavy atom. The van der Waals surface area contributed by atoms with Gasteiger partial charge in [0.1, 0.15) is 11.5 Å². The number of para-hydroxylation sites is 1. The van der Waals surface area contributed by atoms with Gasteiger partial charge in [-0.25, -0.2) is 0 Å². The van der Waals surface area contributed by atoms with E-state index in [-0.39, 0.29) is 0 Å². The summed E-state index contributed by atoms with van der Waals surface area (Å²) in [6, 6.07) is 16.5. The van der Waals surface area contributed by atoms with E-state index in [1.54, 1.807) is 29.2 Å². The highest BCUT2D eigenvalue weighted by atomic mass is 19.4. The van der Waals surface area contributed by atoms with Crippen molar-refractivity contribution in [3.8, 4) is 11.5 Å². The number of halogens is 3. The number of ether oxygens (including phenoxy) is 1. The molecule has 0 aromatic heterocycles. The number of aliphatic hydroxyl groups is 1. The van der Waals surface area contributed by atoms with Gasteiger partial charge in [-0.15, -0.1) is 0 Å². The minimum absolute atomic E-state index is 0.402. The largest absolute Gasteiger partial charge is 0.457 e. The monoisotopic (exact) mass is 431 g/mol. The lowest BCUT2D eigenvalue weighted by Gasteiger charge is -2.50. The van der Waals surface area contributed by atoms with Crippen molar-refractivity contribution in [1.82, 2.24) is 0 Å². The van der Waals surface area contributed by atoms with Crippen LogP contribution < -0.4 is 9.64 Å². The fraction of sp³-hybridized carbons (Fsp3) is 0.520. The van der Waals surface area contributed by atoms with E-state index in [0.717, 1.165) is 24.2 Å². The summed E-state index contributed by atoms with van der Waals surface area (Å²) < 4.78 is 45.4. The zero-order valence-corrected chi connectivity index (χ0v) is 17.3. The molecule has 0 bridgehead atoms. The van der Waals surface area contributed by atoms with Gasteiger partial charge in [0.15, 0.2) is 6.10 Å². The maximum atomic E-state index is 13.2. The van der Waals surface area contributed by atoms with E-state index in [1.165, 1.54) is 19.3 Å². The molecule has 3 saturated carbocycles. The molecule has 6 atom stereocenters. The Balaban J connectivity index is 1.34. The summed E-state index contributed by atoms with van der Waals surface area (Å²) in [5, 5.41) is 9.82. The van der Waals surface area contributed by atoms with Gasteiger partial charge in [0.25, 0.3) is 0 Å². The van der Waals surface area contributed by atoms with Gasteiger partial charge in [0, 0.05) is 18.3 Å². The first-order valence-electron chi connectivity index (χ1n) is 11.2. The topological polar surface area (TPSA) is 32.7 Å². The minimum atomic E-state index is -4.63. The van der Waals surface area contributed by atoms with Gasteiger partial charge in [-0.05, 0) is 79.5 Å². The van der Waals surface area contributed by atoms with E-state index < -0.39 is 18.8 Å². The number of hydrogen-bond donors (Lipinski definition) is 1. The average Bonchev–Trinajstić information content (AvgIpc) is 3.49. The van der Waals surface area contributed by atoms with Gasteiger partial charge >= 0.3 is 6.18 Å². The van der Waals surface area contributed by atoms with Crippen molar-refractivity contribution in [2.75, 3.05) is 18.0 Å². The van der Waals surface area contributed by atoms with E-state index in [1.807, 2.05) is 30.3 Å². The summed E-state index contributed by atoms with van der Waals surface area (Å²) >= 11 is 0. The van der Waals surface area contributed by atoms with Crippen molar-refractivity contribution in [2.45, 2.75) is 38.0 Å². The molecule has 31 heavy (non-hydrogen) atoms. The fourth-order valence-corrected chi connectivity index (χ4v) is 5.85. The molecular formula is C25H28F3NO2. The molecule has 5 rings (SSSR count). The molecule has 1 N–H and O–H groups in total. The molecule has 3 fully saturated rings. The van der Waals surface area contributed by atoms with Gasteiger partial charge in [0.05, 0.1) is 6.54 Å². The molecule has 6 unspecified atom stereocenters. The second-order valence-corrected chi connectivity index (χ2v) is 9.45. The highest BCUT2D eigenvalue weighted by Gasteiger charge is 2.57. The normalized spacial score (nSPS) is 29.9. The fourth-order valence-electron chi connectivity index (χ4n) is 5.85. The Labute approximate surface area is 180 Å². The van der Waals surface area contributed by atoms with Crippen LogP contribution in [0.15, 0.2) is 54.6 Å². The van der Waals surface area contributed by atoms with Crippen LogP contribution >= 0.6 is 0 Å². The van der Waals surface area contributed by atoms with Gasteiger partial charge in [-0.1, -0.05) is 24.3 Å². The molecular weight excluding hydrogens is 403 g/mol. The third-order valence-corrected chi connectivity index (χ3v) is 7.46. The number of alkyl halides is 3. The first-order chi connectivity index (χ1) is 14.9. The third kappa shape index (κ3) is 4.40. The lowest BCUT2D eigenvalue weighted by atomic mass is 9.58. The SMILES string of the molecule is OC(CN(CC1CC2CCC3CC3C21)c1cccc(Oc2ccccc2)c1)C(F)(F)F. The van der Waals surface area contributed by atoms with Crippen molar-refractivity contribution >= 4 is 5.69 Å². The van der Waals surface area contributed by atoms with E-state index >= 15 is 0 Å². The lowest BCUT2D eigenvalue weighted by molar-refractivity contribution is -0.200. The van der Waals surface area contributed by atoms with E-state index in [0.29, 0.717) is 35.6 Å². The van der Waals surface area contributed by atoms with Crippen LogP contribution in [0.5, 0.6) is 11.5 Å². The predicted octanol–water partition coefficient (Wildman–Crippen LogP) is 5.89. The number of rotatable bonds is 7. The van der Waals surface area contributed by atoms with Gasteiger partial charge in [0.2, 0.25) is 0 Å². The third-order valence-electron chi connectivity index (χ3n) is 7.46. The van der Waals surface area contributed by atoms with E-state index in [4.69, 9.17) is 4.74 Å². The summed E-state index contributed by atoms with van der Waals surface area (Å²) in [5.74, 6) is 4.66. The first kappa shape index (κ1) is 20.7. The number of benzene rings is 2. The number of hydrogen-bond acceptors (Lipinski definition) is 3. The molecule has 0 amide bonds. The second-order valence-electron chi connectivity index (χ2n) is 9.45. The maximum absolute atomic E-state index is 13.2. The quantitative estimate of drug-likeness (QED) is 0.593. The summed E-state index contributed by atoms with van der Waals surface area (Å²) in [6.07, 6.45) is -2.02. The Hall–Kier alpha value is -2.21. The maximum Gasteiger partial charge on any atom is 0.416 e. The molecule has 3 nitrogen and oxygen atoms in total. The van der Waals surface area contributed by atoms with Crippen LogP contribution in [-0.2, 0) is 0 Å². The molecule has 0 heterocycles. The zero-order valence-electron chi connectivity index (χ0n) is 17.3. The van der Waals surface area contributed by atoms with E-state index in [9.17, 15) is 18.3 Å². The second kappa shape index (κ2) is 8.05. The number of anilines is 1. The molecule has 0 saturated heterocycles. The molecule has 0 radical (unpaired) electrons. The Kier molecular flexibility index (Phi) is 5.37. The summed E-state index contributed by atoms with van der Waals surface area (Å²) in [5.41, 5.74) is 0.656. The molecule has 3 aliphatic carbocycles. The van der Waals surface area contributed by atoms with Crippen LogP contribution in [-0.4, -0.2) is 30.5 Å². The van der Waals surface area contributed by atoms with Crippen LogP contribution in [0, 0.1) is 29.6 Å². The van der Waals surface area contributed by atoms with Gasteiger partial charge in [-0.3, -0.25) is 0 Å². The Morgan fingerprint density at radius 1 is 0.968 bits per heavy atom. The van der Waals surface area contributed by atoms with Crippen LogP contribution in [0.3, 0.4) is 0 Å². The van der Waals surface area contributed by atoms with Crippen LogP contribution in [0.2, 0.25) is 0 Å². The first-order valence-corrected chi connectivity index (χ1v) is 11.2. The van der Waals surface area contributed by atoms with Crippen molar-refractivity contribution in [1.29, 1.82) is 0 Å². The summed E-state index contributed by atoms with van der Waals surface area (Å²) in [7, 11) is 0. The predicted molar refractivity (Wildman–Crippen MR) is 113 cm³/mol. The van der Waals surface area contributed by atoms with Crippen molar-refractivity contribution < 1.29 is 23.0 Å². The standard InChI is InChI=1S/C25H28F3NO2/c26-25(27,28)23(30)15-29(14-18-11-17-10-9-16-12-22(16)24(17)18)19-5-4-8-21(13-19)31-20-6-2-1-3-7-20/h1-8,13,16-18,22-24,30H,9-12,14-15H2. The molecule has 166 valence electrons. The molecule has 2 aromatic carbocycles. The zero-order chi connectivity index (χ0) is 21.6. The number of aliphatic hydroxyl groups excluding tert-OH is 1. The van der Waals surface area contributed by atoms with Crippen molar-refractivity contribution in [3.05, 3.63) is 54.6 Å². The number of fused-ring (bicyclic) bond motifs is 3.